The summed E-state index contributed by atoms with van der Waals surface area (Å²) in [6.45, 7) is 6.49. The molecule has 0 bridgehead atoms. The number of ether oxygens (including phenoxy) is 1. The number of rotatable bonds is 9. The Morgan fingerprint density at radius 2 is 2.03 bits per heavy atom. The van der Waals surface area contributed by atoms with Crippen LogP contribution in [0.5, 0.6) is 0 Å². The number of likely N-dealkylation sites (tertiary alicyclic amines) is 1. The number of fused-ring (bicyclic) bond motifs is 1. The third-order valence-corrected chi connectivity index (χ3v) is 7.59. The number of aromatic nitrogens is 4. The van der Waals surface area contributed by atoms with E-state index in [4.69, 9.17) is 4.74 Å². The van der Waals surface area contributed by atoms with Gasteiger partial charge in [-0.3, -0.25) is 4.90 Å². The highest BCUT2D eigenvalue weighted by molar-refractivity contribution is 7.07. The average molecular weight is 416 g/mol. The van der Waals surface area contributed by atoms with Crippen molar-refractivity contribution in [2.75, 3.05) is 19.7 Å². The van der Waals surface area contributed by atoms with Crippen molar-refractivity contribution in [3.05, 3.63) is 28.5 Å². The first-order valence-corrected chi connectivity index (χ1v) is 12.3. The van der Waals surface area contributed by atoms with Gasteiger partial charge in [-0.2, -0.15) is 0 Å². The molecule has 0 amide bonds. The zero-order chi connectivity index (χ0) is 19.6. The van der Waals surface area contributed by atoms with Gasteiger partial charge >= 0.3 is 0 Å². The van der Waals surface area contributed by atoms with Crippen LogP contribution in [0.25, 0.3) is 0 Å². The molecule has 158 valence electrons. The number of nitrogens with zero attached hydrogens (tertiary/aromatic N) is 5. The molecule has 3 aliphatic rings. The van der Waals surface area contributed by atoms with E-state index in [1.54, 1.807) is 11.3 Å². The molecule has 7 heteroatoms. The minimum absolute atomic E-state index is 0.275. The van der Waals surface area contributed by atoms with Gasteiger partial charge < -0.3 is 4.74 Å². The van der Waals surface area contributed by atoms with Crippen molar-refractivity contribution in [2.24, 2.45) is 17.8 Å². The summed E-state index contributed by atoms with van der Waals surface area (Å²) in [5.74, 6) is 2.26. The molecule has 29 heavy (non-hydrogen) atoms. The molecular formula is C22H33N5OS. The Hall–Kier alpha value is -1.31. The summed E-state index contributed by atoms with van der Waals surface area (Å²) in [5, 5.41) is 11.2. The van der Waals surface area contributed by atoms with E-state index < -0.39 is 0 Å². The minimum atomic E-state index is 0.275. The van der Waals surface area contributed by atoms with Gasteiger partial charge in [0.15, 0.2) is 0 Å². The van der Waals surface area contributed by atoms with E-state index in [9.17, 15) is 0 Å². The molecule has 0 unspecified atom stereocenters. The highest BCUT2D eigenvalue weighted by Crippen LogP contribution is 2.43. The lowest BCUT2D eigenvalue weighted by molar-refractivity contribution is -0.0375. The van der Waals surface area contributed by atoms with Crippen LogP contribution in [-0.4, -0.2) is 50.7 Å². The second kappa shape index (κ2) is 8.82. The summed E-state index contributed by atoms with van der Waals surface area (Å²) < 4.78 is 8.64. The average Bonchev–Trinajstić information content (AvgIpc) is 3.11. The molecule has 2 aromatic rings. The Morgan fingerprint density at radius 1 is 1.17 bits per heavy atom. The number of unbranched alkanes of at least 4 members (excludes halogenated alkanes) is 1. The van der Waals surface area contributed by atoms with Crippen LogP contribution in [0.1, 0.15) is 62.9 Å². The van der Waals surface area contributed by atoms with Crippen molar-refractivity contribution in [1.82, 2.24) is 24.9 Å². The molecule has 0 N–H and O–H groups in total. The molecule has 2 aliphatic carbocycles. The van der Waals surface area contributed by atoms with E-state index in [1.165, 1.54) is 44.5 Å². The zero-order valence-corrected chi connectivity index (χ0v) is 18.3. The highest BCUT2D eigenvalue weighted by atomic mass is 32.1. The molecular weight excluding hydrogens is 382 g/mol. The number of aryl methyl sites for hydroxylation is 1. The SMILES string of the molecule is CCCCc1cn([C@@H]2C[C@@H]3CN(Cc4cscn4)C[C@@H]3C[C@H]2OCC2CC2)nn1. The highest BCUT2D eigenvalue weighted by Gasteiger charge is 2.44. The topological polar surface area (TPSA) is 56.1 Å². The molecule has 0 spiro atoms. The quantitative estimate of drug-likeness (QED) is 0.621. The van der Waals surface area contributed by atoms with E-state index >= 15 is 0 Å². The van der Waals surface area contributed by atoms with Gasteiger partial charge in [-0.05, 0) is 56.3 Å². The summed E-state index contributed by atoms with van der Waals surface area (Å²) in [6.07, 6.45) is 10.9. The largest absolute Gasteiger partial charge is 0.376 e. The minimum Gasteiger partial charge on any atom is -0.376 e. The van der Waals surface area contributed by atoms with Crippen molar-refractivity contribution in [1.29, 1.82) is 0 Å². The molecule has 1 aliphatic heterocycles. The Balaban J connectivity index is 1.27. The molecule has 3 fully saturated rings. The fourth-order valence-electron chi connectivity index (χ4n) is 5.11. The Labute approximate surface area is 177 Å². The Kier molecular flexibility index (Phi) is 5.97. The van der Waals surface area contributed by atoms with Gasteiger partial charge in [-0.25, -0.2) is 9.67 Å². The Morgan fingerprint density at radius 3 is 2.79 bits per heavy atom. The third kappa shape index (κ3) is 4.72. The first kappa shape index (κ1) is 19.6. The first-order chi connectivity index (χ1) is 14.3. The number of thiazole rings is 1. The van der Waals surface area contributed by atoms with Crippen molar-refractivity contribution in [3.63, 3.8) is 0 Å². The second-order valence-corrected chi connectivity index (χ2v) is 10.1. The first-order valence-electron chi connectivity index (χ1n) is 11.4. The molecule has 2 aromatic heterocycles. The van der Waals surface area contributed by atoms with E-state index in [2.05, 4.69) is 43.4 Å². The van der Waals surface area contributed by atoms with Crippen LogP contribution in [0.2, 0.25) is 0 Å². The predicted octanol–water partition coefficient (Wildman–Crippen LogP) is 3.96. The van der Waals surface area contributed by atoms with Gasteiger partial charge in [-0.1, -0.05) is 18.6 Å². The van der Waals surface area contributed by atoms with Crippen molar-refractivity contribution in [2.45, 2.75) is 70.6 Å². The smallest absolute Gasteiger partial charge is 0.0827 e. The van der Waals surface area contributed by atoms with Crippen molar-refractivity contribution >= 4 is 11.3 Å². The van der Waals surface area contributed by atoms with Gasteiger partial charge in [-0.15, -0.1) is 16.4 Å². The van der Waals surface area contributed by atoms with Crippen LogP contribution in [0, 0.1) is 17.8 Å². The lowest BCUT2D eigenvalue weighted by Crippen LogP contribution is -2.38. The fraction of sp³-hybridized carbons (Fsp3) is 0.773. The molecule has 2 saturated carbocycles. The van der Waals surface area contributed by atoms with Gasteiger partial charge in [0.2, 0.25) is 0 Å². The normalized spacial score (nSPS) is 30.0. The molecule has 3 heterocycles. The lowest BCUT2D eigenvalue weighted by atomic mass is 9.77. The molecule has 4 atom stereocenters. The summed E-state index contributed by atoms with van der Waals surface area (Å²) in [5.41, 5.74) is 4.28. The van der Waals surface area contributed by atoms with Crippen molar-refractivity contribution in [3.8, 4) is 0 Å². The van der Waals surface area contributed by atoms with Crippen LogP contribution in [0.15, 0.2) is 17.1 Å². The van der Waals surface area contributed by atoms with Gasteiger partial charge in [0.1, 0.15) is 0 Å². The summed E-state index contributed by atoms with van der Waals surface area (Å²) in [7, 11) is 0. The molecule has 5 rings (SSSR count). The van der Waals surface area contributed by atoms with Crippen LogP contribution in [0.3, 0.4) is 0 Å². The maximum atomic E-state index is 6.50. The van der Waals surface area contributed by atoms with Crippen LogP contribution >= 0.6 is 11.3 Å². The predicted molar refractivity (Wildman–Crippen MR) is 114 cm³/mol. The molecule has 0 radical (unpaired) electrons. The van der Waals surface area contributed by atoms with E-state index in [-0.39, 0.29) is 6.10 Å². The second-order valence-electron chi connectivity index (χ2n) is 9.34. The summed E-state index contributed by atoms with van der Waals surface area (Å²) in [6, 6.07) is 0.331. The van der Waals surface area contributed by atoms with Gasteiger partial charge in [0.25, 0.3) is 0 Å². The maximum absolute atomic E-state index is 6.50. The fourth-order valence-corrected chi connectivity index (χ4v) is 5.66. The molecule has 6 nitrogen and oxygen atoms in total. The summed E-state index contributed by atoms with van der Waals surface area (Å²) in [4.78, 5) is 7.08. The summed E-state index contributed by atoms with van der Waals surface area (Å²) >= 11 is 1.69. The lowest BCUT2D eigenvalue weighted by Gasteiger charge is -2.37. The monoisotopic (exact) mass is 415 g/mol. The Bertz CT molecular complexity index is 774. The van der Waals surface area contributed by atoms with E-state index in [0.717, 1.165) is 55.9 Å². The van der Waals surface area contributed by atoms with E-state index in [0.29, 0.717) is 6.04 Å². The number of hydrogen-bond donors (Lipinski definition) is 0. The van der Waals surface area contributed by atoms with Crippen LogP contribution in [0.4, 0.5) is 0 Å². The maximum Gasteiger partial charge on any atom is 0.0827 e. The zero-order valence-electron chi connectivity index (χ0n) is 17.4. The third-order valence-electron chi connectivity index (χ3n) is 6.96. The molecule has 1 saturated heterocycles. The van der Waals surface area contributed by atoms with Crippen LogP contribution < -0.4 is 0 Å². The van der Waals surface area contributed by atoms with Crippen molar-refractivity contribution < 1.29 is 4.74 Å². The van der Waals surface area contributed by atoms with Gasteiger partial charge in [0, 0.05) is 37.8 Å². The van der Waals surface area contributed by atoms with Crippen LogP contribution in [-0.2, 0) is 17.7 Å². The standard InChI is InChI=1S/C22H33N5OS/c1-2-3-4-19-12-27(25-24-19)21-7-17-9-26(11-20-14-29-15-23-20)10-18(17)8-22(21)28-13-16-5-6-16/h12,14-18,21-22H,2-11,13H2,1H3/t17-,18+,21-,22-/m1/s1. The van der Waals surface area contributed by atoms with Gasteiger partial charge in [0.05, 0.1) is 29.0 Å². The molecule has 0 aromatic carbocycles. The number of hydrogen-bond acceptors (Lipinski definition) is 6. The van der Waals surface area contributed by atoms with E-state index in [1.807, 2.05) is 5.51 Å².